The van der Waals surface area contributed by atoms with Crippen molar-refractivity contribution in [1.82, 2.24) is 5.32 Å². The van der Waals surface area contributed by atoms with Gasteiger partial charge in [-0.05, 0) is 81.3 Å². The Kier molecular flexibility index (Phi) is 3.67. The number of nitrogens with zero attached hydrogens (tertiary/aromatic N) is 1. The highest BCUT2D eigenvalue weighted by Crippen LogP contribution is 2.60. The van der Waals surface area contributed by atoms with Crippen LogP contribution in [0.15, 0.2) is 24.3 Å². The number of carbonyl (C=O) groups excluding carboxylic acids is 2. The van der Waals surface area contributed by atoms with Crippen LogP contribution in [0.25, 0.3) is 0 Å². The van der Waals surface area contributed by atoms with Gasteiger partial charge in [-0.3, -0.25) is 9.59 Å². The van der Waals surface area contributed by atoms with Crippen molar-refractivity contribution < 1.29 is 9.59 Å². The van der Waals surface area contributed by atoms with Gasteiger partial charge in [-0.25, -0.2) is 0 Å². The molecule has 6 rings (SSSR count). The van der Waals surface area contributed by atoms with Crippen LogP contribution in [0.4, 0.5) is 5.69 Å². The zero-order valence-electron chi connectivity index (χ0n) is 15.5. The molecule has 4 bridgehead atoms. The van der Waals surface area contributed by atoms with E-state index in [9.17, 15) is 9.59 Å². The summed E-state index contributed by atoms with van der Waals surface area (Å²) in [5, 5.41) is 3.11. The van der Waals surface area contributed by atoms with Gasteiger partial charge in [-0.2, -0.15) is 0 Å². The smallest absolute Gasteiger partial charge is 0.249 e. The molecule has 4 heteroatoms. The molecule has 2 amide bonds. The van der Waals surface area contributed by atoms with Crippen molar-refractivity contribution in [2.45, 2.75) is 57.9 Å². The highest BCUT2D eigenvalue weighted by molar-refractivity contribution is 6.01. The van der Waals surface area contributed by atoms with E-state index in [4.69, 9.17) is 0 Å². The maximum absolute atomic E-state index is 13.2. The number of nitrogens with one attached hydrogen (secondary N) is 1. The zero-order valence-corrected chi connectivity index (χ0v) is 15.5. The average molecular weight is 352 g/mol. The van der Waals surface area contributed by atoms with Crippen LogP contribution in [0.2, 0.25) is 0 Å². The Labute approximate surface area is 155 Å². The second kappa shape index (κ2) is 5.83. The molecule has 1 aromatic rings. The summed E-state index contributed by atoms with van der Waals surface area (Å²) in [6, 6.07) is 7.63. The van der Waals surface area contributed by atoms with Crippen LogP contribution in [-0.2, 0) is 16.0 Å². The van der Waals surface area contributed by atoms with Crippen LogP contribution in [0.3, 0.4) is 0 Å². The Bertz CT molecular complexity index is 721. The van der Waals surface area contributed by atoms with Gasteiger partial charge < -0.3 is 10.2 Å². The number of para-hydroxylation sites is 1. The summed E-state index contributed by atoms with van der Waals surface area (Å²) in [5.74, 6) is 2.38. The molecule has 138 valence electrons. The van der Waals surface area contributed by atoms with Crippen LogP contribution < -0.4 is 10.2 Å². The van der Waals surface area contributed by atoms with Crippen molar-refractivity contribution in [2.24, 2.45) is 23.2 Å². The number of fused-ring (bicyclic) bond motifs is 1. The summed E-state index contributed by atoms with van der Waals surface area (Å²) in [4.78, 5) is 28.0. The van der Waals surface area contributed by atoms with Crippen molar-refractivity contribution in [3.63, 3.8) is 0 Å². The van der Waals surface area contributed by atoms with E-state index >= 15 is 0 Å². The summed E-state index contributed by atoms with van der Waals surface area (Å²) < 4.78 is 0. The molecule has 0 saturated heterocycles. The number of rotatable bonds is 3. The number of amides is 2. The van der Waals surface area contributed by atoms with Gasteiger partial charge in [-0.15, -0.1) is 0 Å². The van der Waals surface area contributed by atoms with Crippen molar-refractivity contribution >= 4 is 17.5 Å². The summed E-state index contributed by atoms with van der Waals surface area (Å²) in [5.41, 5.74) is 2.04. The fourth-order valence-electron chi connectivity index (χ4n) is 6.60. The minimum absolute atomic E-state index is 0.0213. The van der Waals surface area contributed by atoms with E-state index in [0.29, 0.717) is 0 Å². The SMILES string of the molecule is C[C@@H](NC(=O)C12CC3CC(CC(C3)C1)C2)C(=O)N1CCc2ccccc21. The third-order valence-electron chi connectivity index (χ3n) is 7.39. The summed E-state index contributed by atoms with van der Waals surface area (Å²) >= 11 is 0. The van der Waals surface area contributed by atoms with E-state index in [2.05, 4.69) is 11.4 Å². The van der Waals surface area contributed by atoms with Crippen molar-refractivity contribution in [1.29, 1.82) is 0 Å². The molecule has 26 heavy (non-hydrogen) atoms. The lowest BCUT2D eigenvalue weighted by Crippen LogP contribution is -2.57. The van der Waals surface area contributed by atoms with E-state index in [0.717, 1.165) is 55.7 Å². The normalized spacial score (nSPS) is 35.3. The molecule has 0 radical (unpaired) electrons. The Balaban J connectivity index is 1.29. The fourth-order valence-corrected chi connectivity index (χ4v) is 6.60. The standard InChI is InChI=1S/C22H28N2O2/c1-14(20(25)24-7-6-18-4-2-3-5-19(18)24)23-21(26)22-11-15-8-16(12-22)10-17(9-15)13-22/h2-5,14-17H,6-13H2,1H3,(H,23,26)/t14-,15?,16?,17?,22?/m1/s1. The zero-order chi connectivity index (χ0) is 17.9. The lowest BCUT2D eigenvalue weighted by atomic mass is 9.49. The Hall–Kier alpha value is -1.84. The van der Waals surface area contributed by atoms with Gasteiger partial charge in [0.05, 0.1) is 0 Å². The third kappa shape index (κ3) is 2.49. The largest absolute Gasteiger partial charge is 0.344 e. The number of hydrogen-bond donors (Lipinski definition) is 1. The monoisotopic (exact) mass is 352 g/mol. The minimum Gasteiger partial charge on any atom is -0.344 e. The lowest BCUT2D eigenvalue weighted by molar-refractivity contribution is -0.148. The second-order valence-corrected chi connectivity index (χ2v) is 9.26. The fraction of sp³-hybridized carbons (Fsp3) is 0.636. The van der Waals surface area contributed by atoms with E-state index in [1.165, 1.54) is 24.8 Å². The van der Waals surface area contributed by atoms with Gasteiger partial charge in [0.1, 0.15) is 6.04 Å². The number of hydrogen-bond acceptors (Lipinski definition) is 2. The molecule has 1 N–H and O–H groups in total. The van der Waals surface area contributed by atoms with Gasteiger partial charge in [0.15, 0.2) is 0 Å². The first-order chi connectivity index (χ1) is 12.5. The number of carbonyl (C=O) groups is 2. The maximum atomic E-state index is 13.2. The highest BCUT2D eigenvalue weighted by Gasteiger charge is 2.54. The lowest BCUT2D eigenvalue weighted by Gasteiger charge is -2.55. The predicted octanol–water partition coefficient (Wildman–Crippen LogP) is 3.30. The maximum Gasteiger partial charge on any atom is 0.249 e. The summed E-state index contributed by atoms with van der Waals surface area (Å²) in [7, 11) is 0. The first-order valence-corrected chi connectivity index (χ1v) is 10.2. The van der Waals surface area contributed by atoms with Crippen LogP contribution in [0.5, 0.6) is 0 Å². The summed E-state index contributed by atoms with van der Waals surface area (Å²) in [6.45, 7) is 2.57. The number of benzene rings is 1. The molecule has 1 atom stereocenters. The van der Waals surface area contributed by atoms with Crippen LogP contribution in [-0.4, -0.2) is 24.4 Å². The molecule has 1 aliphatic heterocycles. The van der Waals surface area contributed by atoms with E-state index in [1.807, 2.05) is 30.0 Å². The minimum atomic E-state index is -0.457. The second-order valence-electron chi connectivity index (χ2n) is 9.26. The first kappa shape index (κ1) is 16.3. The molecule has 1 aromatic carbocycles. The molecule has 4 nitrogen and oxygen atoms in total. The van der Waals surface area contributed by atoms with Gasteiger partial charge in [-0.1, -0.05) is 18.2 Å². The van der Waals surface area contributed by atoms with Crippen molar-refractivity contribution in [3.8, 4) is 0 Å². The Morgan fingerprint density at radius 2 is 1.69 bits per heavy atom. The van der Waals surface area contributed by atoms with Crippen LogP contribution in [0, 0.1) is 23.2 Å². The predicted molar refractivity (Wildman–Crippen MR) is 101 cm³/mol. The Morgan fingerprint density at radius 1 is 1.08 bits per heavy atom. The number of anilines is 1. The molecule has 0 spiro atoms. The van der Waals surface area contributed by atoms with E-state index in [-0.39, 0.29) is 17.2 Å². The quantitative estimate of drug-likeness (QED) is 0.907. The van der Waals surface area contributed by atoms with E-state index < -0.39 is 6.04 Å². The topological polar surface area (TPSA) is 49.4 Å². The third-order valence-corrected chi connectivity index (χ3v) is 7.39. The van der Waals surface area contributed by atoms with Gasteiger partial charge in [0.2, 0.25) is 11.8 Å². The van der Waals surface area contributed by atoms with Crippen LogP contribution >= 0.6 is 0 Å². The summed E-state index contributed by atoms with van der Waals surface area (Å²) in [6.07, 6.45) is 8.00. The molecule has 0 unspecified atom stereocenters. The molecule has 0 aromatic heterocycles. The molecule has 4 fully saturated rings. The first-order valence-electron chi connectivity index (χ1n) is 10.2. The van der Waals surface area contributed by atoms with Gasteiger partial charge in [0, 0.05) is 17.6 Å². The molecule has 4 saturated carbocycles. The molecular weight excluding hydrogens is 324 g/mol. The average Bonchev–Trinajstić information content (AvgIpc) is 3.04. The van der Waals surface area contributed by atoms with Crippen molar-refractivity contribution in [2.75, 3.05) is 11.4 Å². The van der Waals surface area contributed by atoms with Crippen molar-refractivity contribution in [3.05, 3.63) is 29.8 Å². The van der Waals surface area contributed by atoms with Gasteiger partial charge in [0.25, 0.3) is 0 Å². The molecule has 4 aliphatic carbocycles. The van der Waals surface area contributed by atoms with Gasteiger partial charge >= 0.3 is 0 Å². The molecule has 1 heterocycles. The highest BCUT2D eigenvalue weighted by atomic mass is 16.2. The van der Waals surface area contributed by atoms with Crippen LogP contribution in [0.1, 0.15) is 51.0 Å². The van der Waals surface area contributed by atoms with E-state index in [1.54, 1.807) is 0 Å². The molecular formula is C22H28N2O2. The Morgan fingerprint density at radius 3 is 2.35 bits per heavy atom. The molecule has 5 aliphatic rings.